The van der Waals surface area contributed by atoms with Crippen LogP contribution in [0.1, 0.15) is 6.92 Å². The fourth-order valence-corrected chi connectivity index (χ4v) is 2.36. The van der Waals surface area contributed by atoms with E-state index in [0.717, 1.165) is 5.75 Å². The van der Waals surface area contributed by atoms with Crippen LogP contribution in [-0.2, 0) is 4.79 Å². The lowest BCUT2D eigenvalue weighted by molar-refractivity contribution is -0.118. The normalized spacial score (nSPS) is 13.1. The van der Waals surface area contributed by atoms with Gasteiger partial charge in [0.1, 0.15) is 5.78 Å². The van der Waals surface area contributed by atoms with E-state index in [2.05, 4.69) is 14.5 Å². The number of hydrogen-bond acceptors (Lipinski definition) is 4. The molecule has 2 unspecified atom stereocenters. The smallest absolute Gasteiger partial charge is 0.147 e. The van der Waals surface area contributed by atoms with E-state index in [-0.39, 0.29) is 11.8 Å². The van der Waals surface area contributed by atoms with Crippen molar-refractivity contribution in [2.45, 2.75) is 13.0 Å². The van der Waals surface area contributed by atoms with Crippen molar-refractivity contribution >= 4 is 36.8 Å². The van der Waals surface area contributed by atoms with Gasteiger partial charge in [0.05, 0.1) is 6.04 Å². The van der Waals surface area contributed by atoms with E-state index < -0.39 is 0 Å². The van der Waals surface area contributed by atoms with Crippen LogP contribution in [0.15, 0.2) is 0 Å². The molecule has 0 spiro atoms. The first-order valence-electron chi connectivity index (χ1n) is 2.84. The molecular weight excluding hydrogens is 185 g/mol. The summed E-state index contributed by atoms with van der Waals surface area (Å²) >= 11 is 0. The van der Waals surface area contributed by atoms with Gasteiger partial charge in [0.2, 0.25) is 0 Å². The summed E-state index contributed by atoms with van der Waals surface area (Å²) in [5.41, 5.74) is 0. The van der Waals surface area contributed by atoms with Gasteiger partial charge in [-0.1, -0.05) is 31.0 Å². The first-order valence-corrected chi connectivity index (χ1v) is 6.15. The quantitative estimate of drug-likeness (QED) is 0.532. The van der Waals surface area contributed by atoms with E-state index in [1.54, 1.807) is 28.5 Å². The third kappa shape index (κ3) is 4.56. The Hall–Kier alpha value is 0.760. The molecule has 0 bridgehead atoms. The van der Waals surface area contributed by atoms with Crippen LogP contribution in [0.4, 0.5) is 0 Å². The highest BCUT2D eigenvalue weighted by Gasteiger charge is 2.10. The first-order chi connectivity index (χ1) is 4.72. The van der Waals surface area contributed by atoms with Gasteiger partial charge in [-0.05, 0) is 13.2 Å². The average molecular weight is 197 g/mol. The van der Waals surface area contributed by atoms with Crippen molar-refractivity contribution in [2.75, 3.05) is 12.0 Å². The molecule has 0 aliphatic heterocycles. The molecule has 10 heavy (non-hydrogen) atoms. The van der Waals surface area contributed by atoms with Crippen LogP contribution >= 0.6 is 31.0 Å². The van der Waals surface area contributed by atoms with Gasteiger partial charge in [0.25, 0.3) is 0 Å². The van der Waals surface area contributed by atoms with E-state index in [9.17, 15) is 4.79 Å². The monoisotopic (exact) mass is 197 g/mol. The predicted molar refractivity (Wildman–Crippen MR) is 53.3 cm³/mol. The van der Waals surface area contributed by atoms with Gasteiger partial charge in [0.15, 0.2) is 0 Å². The van der Waals surface area contributed by atoms with Crippen molar-refractivity contribution in [3.63, 3.8) is 0 Å². The minimum atomic E-state index is -0.0116. The Morgan fingerprint density at radius 2 is 2.40 bits per heavy atom. The maximum Gasteiger partial charge on any atom is 0.147 e. The Bertz CT molecular complexity index is 112. The molecule has 5 heteroatoms. The molecule has 0 aromatic heterocycles. The molecule has 0 radical (unpaired) electrons. The van der Waals surface area contributed by atoms with Gasteiger partial charge < -0.3 is 0 Å². The molecule has 0 aliphatic carbocycles. The molecular formula is C5H12NOPS2. The number of ketones is 1. The number of rotatable bonds is 5. The van der Waals surface area contributed by atoms with E-state index in [0.29, 0.717) is 0 Å². The van der Waals surface area contributed by atoms with Crippen molar-refractivity contribution in [3.05, 3.63) is 0 Å². The van der Waals surface area contributed by atoms with Gasteiger partial charge in [-0.2, -0.15) is 0 Å². The summed E-state index contributed by atoms with van der Waals surface area (Å²) < 4.78 is 0. The summed E-state index contributed by atoms with van der Waals surface area (Å²) in [7, 11) is 5.73. The number of carbonyl (C=O) groups excluding carboxylic acids is 1. The summed E-state index contributed by atoms with van der Waals surface area (Å²) in [5.74, 6) is 1.02. The third-order valence-electron chi connectivity index (χ3n) is 1.04. The molecule has 0 saturated heterocycles. The van der Waals surface area contributed by atoms with Gasteiger partial charge in [-0.15, -0.1) is 0 Å². The second-order valence-corrected chi connectivity index (χ2v) is 4.72. The van der Waals surface area contributed by atoms with Gasteiger partial charge in [-0.25, -0.2) is 0 Å². The van der Waals surface area contributed by atoms with Crippen LogP contribution in [0.25, 0.3) is 0 Å². The van der Waals surface area contributed by atoms with Crippen molar-refractivity contribution in [1.29, 1.82) is 0 Å². The third-order valence-corrected chi connectivity index (χ3v) is 3.27. The van der Waals surface area contributed by atoms with Gasteiger partial charge >= 0.3 is 0 Å². The van der Waals surface area contributed by atoms with Crippen LogP contribution in [0.5, 0.6) is 0 Å². The van der Waals surface area contributed by atoms with Crippen LogP contribution < -0.4 is 5.09 Å². The number of hydrogen-bond donors (Lipinski definition) is 1. The van der Waals surface area contributed by atoms with E-state index in [1.807, 2.05) is 6.26 Å². The Balaban J connectivity index is 3.50. The van der Waals surface area contributed by atoms with E-state index in [4.69, 9.17) is 0 Å². The summed E-state index contributed by atoms with van der Waals surface area (Å²) in [4.78, 5) is 10.8. The Labute approximate surface area is 71.9 Å². The SMILES string of the molecule is CSSCC(NP)C(C)=O. The van der Waals surface area contributed by atoms with Crippen LogP contribution in [0.3, 0.4) is 0 Å². The fraction of sp³-hybridized carbons (Fsp3) is 0.800. The van der Waals surface area contributed by atoms with Gasteiger partial charge in [0, 0.05) is 5.75 Å². The minimum Gasteiger partial charge on any atom is -0.298 e. The maximum atomic E-state index is 10.8. The van der Waals surface area contributed by atoms with Crippen molar-refractivity contribution < 1.29 is 4.79 Å². The average Bonchev–Trinajstić information content (AvgIpc) is 1.89. The zero-order chi connectivity index (χ0) is 7.98. The van der Waals surface area contributed by atoms with Crippen molar-refractivity contribution in [1.82, 2.24) is 5.09 Å². The molecule has 0 rings (SSSR count). The first kappa shape index (κ1) is 10.8. The predicted octanol–water partition coefficient (Wildman–Crippen LogP) is 1.33. The molecule has 2 atom stereocenters. The lowest BCUT2D eigenvalue weighted by Gasteiger charge is -2.09. The van der Waals surface area contributed by atoms with E-state index in [1.165, 1.54) is 0 Å². The molecule has 1 N–H and O–H groups in total. The highest BCUT2D eigenvalue weighted by Crippen LogP contribution is 2.18. The molecule has 0 heterocycles. The topological polar surface area (TPSA) is 29.1 Å². The Morgan fingerprint density at radius 1 is 1.80 bits per heavy atom. The lowest BCUT2D eigenvalue weighted by atomic mass is 10.3. The molecule has 2 nitrogen and oxygen atoms in total. The van der Waals surface area contributed by atoms with Crippen molar-refractivity contribution in [2.24, 2.45) is 0 Å². The summed E-state index contributed by atoms with van der Waals surface area (Å²) in [6.45, 7) is 1.60. The molecule has 0 amide bonds. The molecule has 0 aromatic rings. The molecule has 0 fully saturated rings. The summed E-state index contributed by atoms with van der Waals surface area (Å²) in [5, 5.41) is 2.87. The maximum absolute atomic E-state index is 10.8. The van der Waals surface area contributed by atoms with E-state index >= 15 is 0 Å². The number of carbonyl (C=O) groups is 1. The molecule has 0 aromatic carbocycles. The zero-order valence-electron chi connectivity index (χ0n) is 6.09. The summed E-state index contributed by atoms with van der Waals surface area (Å²) in [6.07, 6.45) is 2.00. The van der Waals surface area contributed by atoms with Crippen molar-refractivity contribution in [3.8, 4) is 0 Å². The fourth-order valence-electron chi connectivity index (χ4n) is 0.419. The Morgan fingerprint density at radius 3 is 2.70 bits per heavy atom. The van der Waals surface area contributed by atoms with Gasteiger partial charge in [-0.3, -0.25) is 9.88 Å². The molecule has 60 valence electrons. The number of nitrogens with one attached hydrogen (secondary N) is 1. The van der Waals surface area contributed by atoms with Crippen LogP contribution in [-0.4, -0.2) is 23.8 Å². The lowest BCUT2D eigenvalue weighted by Crippen LogP contribution is -2.30. The Kier molecular flexibility index (Phi) is 6.96. The number of Topliss-reactive ketones (excluding diaryl/α,β-unsaturated/α-hetero) is 1. The molecule has 0 saturated carbocycles. The second kappa shape index (κ2) is 6.47. The highest BCUT2D eigenvalue weighted by molar-refractivity contribution is 8.76. The standard InChI is InChI=1S/C5H12NOPS2/c1-4(7)5(6-8)3-10-9-2/h5-6H,3,8H2,1-2H3. The van der Waals surface area contributed by atoms with Crippen LogP contribution in [0.2, 0.25) is 0 Å². The zero-order valence-corrected chi connectivity index (χ0v) is 8.87. The largest absolute Gasteiger partial charge is 0.298 e. The molecule has 0 aliphatic rings. The highest BCUT2D eigenvalue weighted by atomic mass is 33.1. The second-order valence-electron chi connectivity index (χ2n) is 1.78. The minimum absolute atomic E-state index is 0.0116. The summed E-state index contributed by atoms with van der Waals surface area (Å²) in [6, 6.07) is -0.0116. The van der Waals surface area contributed by atoms with Crippen LogP contribution in [0, 0.1) is 0 Å².